The van der Waals surface area contributed by atoms with Gasteiger partial charge in [0.15, 0.2) is 0 Å². The van der Waals surface area contributed by atoms with E-state index in [2.05, 4.69) is 42.6 Å². The highest BCUT2D eigenvalue weighted by Gasteiger charge is 2.15. The molecule has 0 aliphatic carbocycles. The summed E-state index contributed by atoms with van der Waals surface area (Å²) in [6, 6.07) is 11.2. The minimum atomic E-state index is 0.566. The van der Waals surface area contributed by atoms with Crippen molar-refractivity contribution in [1.82, 2.24) is 5.32 Å². The molecule has 0 aromatic heterocycles. The molecule has 1 saturated heterocycles. The van der Waals surface area contributed by atoms with Gasteiger partial charge >= 0.3 is 0 Å². The number of nitrogens with one attached hydrogen (secondary N) is 1. The van der Waals surface area contributed by atoms with Crippen LogP contribution in [0.15, 0.2) is 30.3 Å². The van der Waals surface area contributed by atoms with E-state index >= 15 is 0 Å². The number of hydrogen-bond acceptors (Lipinski definition) is 2. The predicted molar refractivity (Wildman–Crippen MR) is 62.1 cm³/mol. The number of rotatable bonds is 4. The van der Waals surface area contributed by atoms with E-state index in [1.807, 2.05) is 0 Å². The Morgan fingerprint density at radius 3 is 2.87 bits per heavy atom. The van der Waals surface area contributed by atoms with E-state index in [0.29, 0.717) is 12.0 Å². The van der Waals surface area contributed by atoms with Crippen LogP contribution in [0.25, 0.3) is 0 Å². The summed E-state index contributed by atoms with van der Waals surface area (Å²) in [5.41, 5.74) is 1.41. The molecule has 1 aromatic rings. The molecule has 2 rings (SSSR count). The summed E-state index contributed by atoms with van der Waals surface area (Å²) < 4.78 is 5.33. The van der Waals surface area contributed by atoms with Crippen LogP contribution in [0.4, 0.5) is 0 Å². The molecule has 82 valence electrons. The Bertz CT molecular complexity index is 280. The molecule has 0 spiro atoms. The molecular weight excluding hydrogens is 186 g/mol. The van der Waals surface area contributed by atoms with Crippen molar-refractivity contribution in [3.8, 4) is 0 Å². The first kappa shape index (κ1) is 10.7. The fraction of sp³-hybridized carbons (Fsp3) is 0.538. The van der Waals surface area contributed by atoms with Crippen molar-refractivity contribution >= 4 is 0 Å². The maximum absolute atomic E-state index is 5.33. The zero-order valence-electron chi connectivity index (χ0n) is 9.28. The molecule has 2 nitrogen and oxygen atoms in total. The fourth-order valence-corrected chi connectivity index (χ4v) is 1.94. The molecule has 15 heavy (non-hydrogen) atoms. The van der Waals surface area contributed by atoms with E-state index in [4.69, 9.17) is 4.74 Å². The maximum Gasteiger partial charge on any atom is 0.0620 e. The number of hydrogen-bond donors (Lipinski definition) is 1. The van der Waals surface area contributed by atoms with Crippen molar-refractivity contribution in [1.29, 1.82) is 0 Å². The Labute approximate surface area is 91.6 Å². The van der Waals surface area contributed by atoms with Gasteiger partial charge in [0.2, 0.25) is 0 Å². The lowest BCUT2D eigenvalue weighted by Crippen LogP contribution is -2.32. The SMILES string of the molecule is CC(CNC1CCOC1)c1ccccc1. The number of benzene rings is 1. The number of ether oxygens (including phenoxy) is 1. The van der Waals surface area contributed by atoms with Crippen molar-refractivity contribution < 1.29 is 4.74 Å². The van der Waals surface area contributed by atoms with Crippen LogP contribution in [0.5, 0.6) is 0 Å². The summed E-state index contributed by atoms with van der Waals surface area (Å²) in [5.74, 6) is 0.576. The highest BCUT2D eigenvalue weighted by molar-refractivity contribution is 5.18. The first-order valence-electron chi connectivity index (χ1n) is 5.72. The van der Waals surface area contributed by atoms with Gasteiger partial charge in [0.05, 0.1) is 6.61 Å². The van der Waals surface area contributed by atoms with Crippen LogP contribution in [0.2, 0.25) is 0 Å². The van der Waals surface area contributed by atoms with Gasteiger partial charge in [0.1, 0.15) is 0 Å². The van der Waals surface area contributed by atoms with E-state index in [1.54, 1.807) is 0 Å². The van der Waals surface area contributed by atoms with Gasteiger partial charge in [-0.1, -0.05) is 37.3 Å². The lowest BCUT2D eigenvalue weighted by molar-refractivity contribution is 0.190. The first-order valence-corrected chi connectivity index (χ1v) is 5.72. The molecule has 1 N–H and O–H groups in total. The predicted octanol–water partition coefficient (Wildman–Crippen LogP) is 2.17. The molecule has 0 saturated carbocycles. The van der Waals surface area contributed by atoms with Crippen LogP contribution >= 0.6 is 0 Å². The van der Waals surface area contributed by atoms with E-state index in [9.17, 15) is 0 Å². The van der Waals surface area contributed by atoms with Crippen LogP contribution in [0.3, 0.4) is 0 Å². The van der Waals surface area contributed by atoms with Gasteiger partial charge in [-0.15, -0.1) is 0 Å². The minimum absolute atomic E-state index is 0.566. The minimum Gasteiger partial charge on any atom is -0.380 e. The van der Waals surface area contributed by atoms with Crippen LogP contribution < -0.4 is 5.32 Å². The van der Waals surface area contributed by atoms with Gasteiger partial charge in [-0.25, -0.2) is 0 Å². The second-order valence-corrected chi connectivity index (χ2v) is 4.28. The maximum atomic E-state index is 5.33. The summed E-state index contributed by atoms with van der Waals surface area (Å²) in [4.78, 5) is 0. The van der Waals surface area contributed by atoms with Crippen molar-refractivity contribution in [2.24, 2.45) is 0 Å². The summed E-state index contributed by atoms with van der Waals surface area (Å²) in [5, 5.41) is 3.55. The molecule has 1 aliphatic rings. The van der Waals surface area contributed by atoms with Gasteiger partial charge in [0.25, 0.3) is 0 Å². The second kappa shape index (κ2) is 5.29. The lowest BCUT2D eigenvalue weighted by atomic mass is 10.0. The Kier molecular flexibility index (Phi) is 3.75. The molecule has 2 atom stereocenters. The van der Waals surface area contributed by atoms with Gasteiger partial charge in [-0.2, -0.15) is 0 Å². The van der Waals surface area contributed by atoms with E-state index in [-0.39, 0.29) is 0 Å². The molecule has 0 radical (unpaired) electrons. The third-order valence-electron chi connectivity index (χ3n) is 3.01. The van der Waals surface area contributed by atoms with Crippen LogP contribution in [-0.2, 0) is 4.74 Å². The smallest absolute Gasteiger partial charge is 0.0620 e. The molecule has 2 heteroatoms. The Hall–Kier alpha value is -0.860. The third kappa shape index (κ3) is 3.05. The Balaban J connectivity index is 1.79. The summed E-state index contributed by atoms with van der Waals surface area (Å²) in [7, 11) is 0. The third-order valence-corrected chi connectivity index (χ3v) is 3.01. The fourth-order valence-electron chi connectivity index (χ4n) is 1.94. The summed E-state index contributed by atoms with van der Waals surface area (Å²) in [6.07, 6.45) is 1.15. The molecule has 1 heterocycles. The second-order valence-electron chi connectivity index (χ2n) is 4.28. The van der Waals surface area contributed by atoms with Crippen LogP contribution in [-0.4, -0.2) is 25.8 Å². The lowest BCUT2D eigenvalue weighted by Gasteiger charge is -2.16. The average Bonchev–Trinajstić information content (AvgIpc) is 2.80. The van der Waals surface area contributed by atoms with Crippen molar-refractivity contribution in [3.05, 3.63) is 35.9 Å². The van der Waals surface area contributed by atoms with Crippen molar-refractivity contribution in [2.75, 3.05) is 19.8 Å². The molecule has 2 unspecified atom stereocenters. The quantitative estimate of drug-likeness (QED) is 0.813. The zero-order valence-corrected chi connectivity index (χ0v) is 9.28. The van der Waals surface area contributed by atoms with Gasteiger partial charge in [-0.05, 0) is 17.9 Å². The molecule has 1 fully saturated rings. The van der Waals surface area contributed by atoms with Crippen LogP contribution in [0, 0.1) is 0 Å². The van der Waals surface area contributed by atoms with Crippen LogP contribution in [0.1, 0.15) is 24.8 Å². The Morgan fingerprint density at radius 2 is 2.20 bits per heavy atom. The first-order chi connectivity index (χ1) is 7.36. The van der Waals surface area contributed by atoms with E-state index < -0.39 is 0 Å². The molecule has 1 aromatic carbocycles. The topological polar surface area (TPSA) is 21.3 Å². The molecular formula is C13H19NO. The highest BCUT2D eigenvalue weighted by atomic mass is 16.5. The van der Waals surface area contributed by atoms with E-state index in [1.165, 1.54) is 5.56 Å². The summed E-state index contributed by atoms with van der Waals surface area (Å²) >= 11 is 0. The van der Waals surface area contributed by atoms with Crippen molar-refractivity contribution in [3.63, 3.8) is 0 Å². The zero-order chi connectivity index (χ0) is 10.5. The normalized spacial score (nSPS) is 22.9. The molecule has 0 amide bonds. The van der Waals surface area contributed by atoms with Crippen molar-refractivity contribution in [2.45, 2.75) is 25.3 Å². The largest absolute Gasteiger partial charge is 0.380 e. The van der Waals surface area contributed by atoms with Gasteiger partial charge in [-0.3, -0.25) is 0 Å². The molecule has 1 aliphatic heterocycles. The molecule has 0 bridgehead atoms. The van der Waals surface area contributed by atoms with Gasteiger partial charge < -0.3 is 10.1 Å². The van der Waals surface area contributed by atoms with Gasteiger partial charge in [0, 0.05) is 19.2 Å². The highest BCUT2D eigenvalue weighted by Crippen LogP contribution is 2.14. The van der Waals surface area contributed by atoms with E-state index in [0.717, 1.165) is 26.2 Å². The average molecular weight is 205 g/mol. The standard InChI is InChI=1S/C13H19NO/c1-11(12-5-3-2-4-6-12)9-14-13-7-8-15-10-13/h2-6,11,13-14H,7-10H2,1H3. The summed E-state index contributed by atoms with van der Waals surface area (Å²) in [6.45, 7) is 5.09. The Morgan fingerprint density at radius 1 is 1.40 bits per heavy atom. The monoisotopic (exact) mass is 205 g/mol.